The molecule has 1 aromatic carbocycles. The first-order chi connectivity index (χ1) is 19.1. The number of aromatic nitrogens is 2. The van der Waals surface area contributed by atoms with Crippen LogP contribution in [-0.4, -0.2) is 59.3 Å². The Morgan fingerprint density at radius 2 is 1.93 bits per heavy atom. The van der Waals surface area contributed by atoms with E-state index in [1.165, 1.54) is 31.0 Å². The summed E-state index contributed by atoms with van der Waals surface area (Å²) in [6, 6.07) is 11.8. The first-order valence-corrected chi connectivity index (χ1v) is 14.0. The number of carbonyl (C=O) groups is 2. The molecule has 1 aliphatic carbocycles. The van der Waals surface area contributed by atoms with Crippen molar-refractivity contribution in [3.63, 3.8) is 0 Å². The number of carbonyl (C=O) groups excluding carboxylic acids is 2. The van der Waals surface area contributed by atoms with E-state index < -0.39 is 38.9 Å². The lowest BCUT2D eigenvalue weighted by molar-refractivity contribution is -0.129. The van der Waals surface area contributed by atoms with Gasteiger partial charge in [-0.2, -0.15) is 5.26 Å². The molecule has 210 valence electrons. The van der Waals surface area contributed by atoms with Gasteiger partial charge in [0.15, 0.2) is 0 Å². The molecule has 1 N–H and O–H groups in total. The third-order valence-electron chi connectivity index (χ3n) is 6.82. The predicted octanol–water partition coefficient (Wildman–Crippen LogP) is 1.82. The molecule has 1 fully saturated rings. The third-order valence-corrected chi connectivity index (χ3v) is 9.33. The molecule has 2 aromatic heterocycles. The zero-order valence-electron chi connectivity index (χ0n) is 22.3. The van der Waals surface area contributed by atoms with Crippen LogP contribution >= 0.6 is 0 Å². The van der Waals surface area contributed by atoms with Crippen LogP contribution in [0.2, 0.25) is 0 Å². The monoisotopic (exact) mass is 567 g/mol. The Bertz CT molecular complexity index is 1660. The summed E-state index contributed by atoms with van der Waals surface area (Å²) in [4.78, 5) is 42.6. The Morgan fingerprint density at radius 3 is 2.52 bits per heavy atom. The summed E-state index contributed by atoms with van der Waals surface area (Å²) in [6.45, 7) is 1.06. The molecule has 0 spiro atoms. The smallest absolute Gasteiger partial charge is 0.263 e. The summed E-state index contributed by atoms with van der Waals surface area (Å²) in [5.41, 5.74) is 0.880. The number of rotatable bonds is 11. The fourth-order valence-electron chi connectivity index (χ4n) is 4.26. The average molecular weight is 568 g/mol. The number of hydrogen-bond donors (Lipinski definition) is 1. The highest BCUT2D eigenvalue weighted by molar-refractivity contribution is 7.91. The Kier molecular flexibility index (Phi) is 8.22. The minimum absolute atomic E-state index is 0.00407. The van der Waals surface area contributed by atoms with Gasteiger partial charge in [0.1, 0.15) is 29.2 Å². The van der Waals surface area contributed by atoms with E-state index in [1.54, 1.807) is 37.3 Å². The van der Waals surface area contributed by atoms with Gasteiger partial charge in [0.25, 0.3) is 11.5 Å². The van der Waals surface area contributed by atoms with Crippen molar-refractivity contribution < 1.29 is 27.5 Å². The maximum Gasteiger partial charge on any atom is 0.263 e. The van der Waals surface area contributed by atoms with Crippen LogP contribution in [0.15, 0.2) is 47.4 Å². The number of hydrogen-bond acceptors (Lipinski definition) is 9. The number of ether oxygens (including phenoxy) is 2. The van der Waals surface area contributed by atoms with E-state index in [1.807, 2.05) is 6.07 Å². The van der Waals surface area contributed by atoms with Gasteiger partial charge in [-0.3, -0.25) is 14.4 Å². The van der Waals surface area contributed by atoms with E-state index >= 15 is 0 Å². The number of aryl methyl sites for hydroxylation is 1. The van der Waals surface area contributed by atoms with E-state index in [0.29, 0.717) is 29.3 Å². The van der Waals surface area contributed by atoms with Gasteiger partial charge in [-0.1, -0.05) is 19.1 Å². The Balaban J connectivity index is 1.57. The molecule has 0 saturated heterocycles. The molecule has 4 rings (SSSR count). The molecule has 0 bridgehead atoms. The summed E-state index contributed by atoms with van der Waals surface area (Å²) in [7, 11) is -1.31. The molecule has 0 radical (unpaired) electrons. The molecule has 0 atom stereocenters. The van der Waals surface area contributed by atoms with Crippen LogP contribution in [-0.2, 0) is 33.1 Å². The second kappa shape index (κ2) is 11.4. The Hall–Kier alpha value is -4.28. The molecular weight excluding hydrogens is 538 g/mol. The highest BCUT2D eigenvalue weighted by Crippen LogP contribution is 2.46. The van der Waals surface area contributed by atoms with Crippen molar-refractivity contribution in [2.45, 2.75) is 37.5 Å². The van der Waals surface area contributed by atoms with Crippen molar-refractivity contribution in [3.05, 3.63) is 69.6 Å². The van der Waals surface area contributed by atoms with E-state index in [0.717, 1.165) is 9.87 Å². The molecule has 2 heterocycles. The molecule has 0 aliphatic heterocycles. The van der Waals surface area contributed by atoms with Crippen LogP contribution in [0.4, 0.5) is 0 Å². The Labute approximate surface area is 231 Å². The van der Waals surface area contributed by atoms with Crippen molar-refractivity contribution >= 4 is 32.7 Å². The first kappa shape index (κ1) is 28.7. The maximum atomic E-state index is 13.3. The quantitative estimate of drug-likeness (QED) is 0.341. The fraction of sp³-hybridized carbons (Fsp3) is 0.370. The molecule has 1 saturated carbocycles. The zero-order chi connectivity index (χ0) is 29.1. The summed E-state index contributed by atoms with van der Waals surface area (Å²) >= 11 is 0. The second-order valence-corrected chi connectivity index (χ2v) is 11.7. The Morgan fingerprint density at radius 1 is 1.23 bits per heavy atom. The lowest BCUT2D eigenvalue weighted by Crippen LogP contribution is -2.47. The van der Waals surface area contributed by atoms with Crippen LogP contribution in [0.1, 0.15) is 47.7 Å². The molecule has 1 aliphatic rings. The molecule has 2 amide bonds. The van der Waals surface area contributed by atoms with Crippen molar-refractivity contribution in [2.24, 2.45) is 7.05 Å². The standard InChI is InChI=1S/C27H29N5O7S/c1-4-22(33)32(17-38-3)40(36,37)27(10-11-27)16-39-25-23-20(9-12-29-25)13-21(26(35)31(23)2)24(34)30-15-19-7-5-18(14-28)6-8-19/h5-9,12-13H,4,10-11,15-17H2,1-3H3,(H,30,34). The van der Waals surface area contributed by atoms with Gasteiger partial charge in [-0.15, -0.1) is 0 Å². The minimum atomic E-state index is -4.09. The lowest BCUT2D eigenvalue weighted by atomic mass is 10.1. The van der Waals surface area contributed by atoms with Crippen LogP contribution in [0, 0.1) is 11.3 Å². The molecule has 40 heavy (non-hydrogen) atoms. The first-order valence-electron chi connectivity index (χ1n) is 12.5. The SMILES string of the molecule is CCC(=O)N(COC)S(=O)(=O)C1(COc2nccc3cc(C(=O)NCc4ccc(C#N)cc4)c(=O)n(C)c23)CC1. The summed E-state index contributed by atoms with van der Waals surface area (Å²) in [5.74, 6) is -1.12. The van der Waals surface area contributed by atoms with Crippen LogP contribution in [0.25, 0.3) is 10.9 Å². The number of methoxy groups -OCH3 is 1. The number of amides is 2. The highest BCUT2D eigenvalue weighted by atomic mass is 32.2. The number of pyridine rings is 2. The third kappa shape index (κ3) is 5.41. The second-order valence-electron chi connectivity index (χ2n) is 9.46. The number of fused-ring (bicyclic) bond motifs is 1. The maximum absolute atomic E-state index is 13.3. The molecule has 0 unspecified atom stereocenters. The number of nitrogens with zero attached hydrogens (tertiary/aromatic N) is 4. The largest absolute Gasteiger partial charge is 0.474 e. The van der Waals surface area contributed by atoms with Crippen LogP contribution in [0.5, 0.6) is 5.88 Å². The van der Waals surface area contributed by atoms with E-state index in [2.05, 4.69) is 10.3 Å². The summed E-state index contributed by atoms with van der Waals surface area (Å²) < 4.78 is 38.2. The number of benzene rings is 1. The van der Waals surface area contributed by atoms with Gasteiger partial charge >= 0.3 is 0 Å². The van der Waals surface area contributed by atoms with Crippen LogP contribution in [0.3, 0.4) is 0 Å². The lowest BCUT2D eigenvalue weighted by Gasteiger charge is -2.26. The zero-order valence-corrected chi connectivity index (χ0v) is 23.2. The van der Waals surface area contributed by atoms with E-state index in [4.69, 9.17) is 14.7 Å². The molecule has 13 heteroatoms. The highest BCUT2D eigenvalue weighted by Gasteiger charge is 2.59. The van der Waals surface area contributed by atoms with E-state index in [-0.39, 0.29) is 31.0 Å². The van der Waals surface area contributed by atoms with E-state index in [9.17, 15) is 22.8 Å². The summed E-state index contributed by atoms with van der Waals surface area (Å²) in [6.07, 6.45) is 2.02. The summed E-state index contributed by atoms with van der Waals surface area (Å²) in [5, 5.41) is 12.1. The normalized spacial score (nSPS) is 13.8. The van der Waals surface area contributed by atoms with Gasteiger partial charge in [-0.25, -0.2) is 17.7 Å². The molecule has 12 nitrogen and oxygen atoms in total. The molecule has 3 aromatic rings. The van der Waals surface area contributed by atoms with Gasteiger partial charge in [-0.05, 0) is 42.7 Å². The van der Waals surface area contributed by atoms with Crippen molar-refractivity contribution in [1.82, 2.24) is 19.2 Å². The van der Waals surface area contributed by atoms with Gasteiger partial charge in [0, 0.05) is 38.7 Å². The van der Waals surface area contributed by atoms with Crippen molar-refractivity contribution in [3.8, 4) is 11.9 Å². The number of nitrogens with one attached hydrogen (secondary N) is 1. The average Bonchev–Trinajstić information content (AvgIpc) is 3.77. The molecular formula is C27H29N5O7S. The predicted molar refractivity (Wildman–Crippen MR) is 145 cm³/mol. The van der Waals surface area contributed by atoms with Gasteiger partial charge < -0.3 is 19.4 Å². The topological polar surface area (TPSA) is 161 Å². The van der Waals surface area contributed by atoms with Crippen molar-refractivity contribution in [2.75, 3.05) is 20.4 Å². The fourth-order valence-corrected chi connectivity index (χ4v) is 6.20. The van der Waals surface area contributed by atoms with Gasteiger partial charge in [0.05, 0.1) is 11.6 Å². The minimum Gasteiger partial charge on any atom is -0.474 e. The van der Waals surface area contributed by atoms with Crippen molar-refractivity contribution in [1.29, 1.82) is 5.26 Å². The van der Waals surface area contributed by atoms with Crippen LogP contribution < -0.4 is 15.6 Å². The number of sulfonamides is 1. The van der Waals surface area contributed by atoms with Gasteiger partial charge in [0.2, 0.25) is 21.8 Å². The number of nitriles is 1.